The van der Waals surface area contributed by atoms with E-state index in [9.17, 15) is 4.79 Å². The number of ether oxygens (including phenoxy) is 1. The van der Waals surface area contributed by atoms with Crippen molar-refractivity contribution in [1.82, 2.24) is 9.99 Å². The Kier molecular flexibility index (Phi) is 3.93. The zero-order chi connectivity index (χ0) is 15.5. The molecule has 0 spiro atoms. The van der Waals surface area contributed by atoms with E-state index in [1.165, 1.54) is 11.3 Å². The molecule has 5 nitrogen and oxygen atoms in total. The Morgan fingerprint density at radius 1 is 1.18 bits per heavy atom. The number of aromatic nitrogens is 1. The van der Waals surface area contributed by atoms with Crippen LogP contribution >= 0.6 is 11.3 Å². The molecule has 1 amide bonds. The molecular weight excluding hydrogens is 298 g/mol. The van der Waals surface area contributed by atoms with Crippen molar-refractivity contribution < 1.29 is 9.53 Å². The summed E-state index contributed by atoms with van der Waals surface area (Å²) in [7, 11) is 3.52. The van der Waals surface area contributed by atoms with Crippen molar-refractivity contribution in [1.29, 1.82) is 0 Å². The number of benzene rings is 2. The van der Waals surface area contributed by atoms with Crippen LogP contribution in [0.4, 0.5) is 0 Å². The fourth-order valence-corrected chi connectivity index (χ4v) is 3.07. The molecular formula is C16H15N3O2S. The average Bonchev–Trinajstić information content (AvgIpc) is 2.89. The van der Waals surface area contributed by atoms with Gasteiger partial charge >= 0.3 is 0 Å². The van der Waals surface area contributed by atoms with Crippen LogP contribution in [0.15, 0.2) is 53.6 Å². The second kappa shape index (κ2) is 6.03. The van der Waals surface area contributed by atoms with Crippen molar-refractivity contribution in [3.8, 4) is 5.75 Å². The van der Waals surface area contributed by atoms with E-state index < -0.39 is 0 Å². The third kappa shape index (κ3) is 2.73. The van der Waals surface area contributed by atoms with Crippen LogP contribution in [0.1, 0.15) is 10.4 Å². The molecule has 6 heteroatoms. The van der Waals surface area contributed by atoms with Crippen molar-refractivity contribution in [3.63, 3.8) is 0 Å². The highest BCUT2D eigenvalue weighted by Gasteiger charge is 2.05. The van der Waals surface area contributed by atoms with Crippen LogP contribution in [0.2, 0.25) is 0 Å². The fraction of sp³-hybridized carbons (Fsp3) is 0.125. The van der Waals surface area contributed by atoms with E-state index in [4.69, 9.17) is 4.74 Å². The molecule has 2 aromatic carbocycles. The van der Waals surface area contributed by atoms with Crippen LogP contribution in [0, 0.1) is 0 Å². The summed E-state index contributed by atoms with van der Waals surface area (Å²) in [5.74, 6) is 0.463. The molecule has 0 atom stereocenters. The quantitative estimate of drug-likeness (QED) is 0.755. The number of carbonyl (C=O) groups is 1. The SMILES string of the molecule is COc1ccc(C(=O)NN=c2sc3ccccc3n2C)cc1. The molecule has 0 saturated carbocycles. The van der Waals surface area contributed by atoms with Crippen LogP contribution in [-0.2, 0) is 7.05 Å². The Bertz CT molecular complexity index is 878. The third-order valence-electron chi connectivity index (χ3n) is 3.32. The summed E-state index contributed by atoms with van der Waals surface area (Å²) in [4.78, 5) is 12.8. The lowest BCUT2D eigenvalue weighted by atomic mass is 10.2. The monoisotopic (exact) mass is 313 g/mol. The first-order valence-corrected chi connectivity index (χ1v) is 7.53. The van der Waals surface area contributed by atoms with Gasteiger partial charge in [0.25, 0.3) is 5.91 Å². The van der Waals surface area contributed by atoms with Crippen molar-refractivity contribution in [2.75, 3.05) is 7.11 Å². The first kappa shape index (κ1) is 14.3. The highest BCUT2D eigenvalue weighted by atomic mass is 32.1. The van der Waals surface area contributed by atoms with Gasteiger partial charge in [-0.05, 0) is 36.4 Å². The summed E-state index contributed by atoms with van der Waals surface area (Å²) in [5.41, 5.74) is 4.21. The summed E-state index contributed by atoms with van der Waals surface area (Å²) in [6.45, 7) is 0. The van der Waals surface area contributed by atoms with Crippen LogP contribution in [0.3, 0.4) is 0 Å². The molecule has 3 aromatic rings. The van der Waals surface area contributed by atoms with Gasteiger partial charge in [-0.2, -0.15) is 0 Å². The van der Waals surface area contributed by atoms with E-state index in [1.807, 2.05) is 35.9 Å². The first-order valence-electron chi connectivity index (χ1n) is 6.72. The number of nitrogens with zero attached hydrogens (tertiary/aromatic N) is 2. The maximum atomic E-state index is 12.1. The van der Waals surface area contributed by atoms with E-state index in [0.29, 0.717) is 11.3 Å². The number of hydrogen-bond acceptors (Lipinski definition) is 4. The Hall–Kier alpha value is -2.60. The van der Waals surface area contributed by atoms with Crippen molar-refractivity contribution in [3.05, 3.63) is 58.9 Å². The van der Waals surface area contributed by atoms with E-state index in [-0.39, 0.29) is 5.91 Å². The number of hydrogen-bond donors (Lipinski definition) is 1. The highest BCUT2D eigenvalue weighted by molar-refractivity contribution is 7.16. The summed E-state index contributed by atoms with van der Waals surface area (Å²) in [5, 5.41) is 4.21. The molecule has 0 radical (unpaired) electrons. The van der Waals surface area contributed by atoms with Crippen molar-refractivity contribution >= 4 is 27.5 Å². The van der Waals surface area contributed by atoms with Crippen LogP contribution in [-0.4, -0.2) is 17.6 Å². The number of amides is 1. The number of nitrogens with one attached hydrogen (secondary N) is 1. The molecule has 1 heterocycles. The Morgan fingerprint density at radius 2 is 1.91 bits per heavy atom. The van der Waals surface area contributed by atoms with Gasteiger partial charge in [-0.1, -0.05) is 23.5 Å². The van der Waals surface area contributed by atoms with E-state index in [1.54, 1.807) is 31.4 Å². The van der Waals surface area contributed by atoms with Gasteiger partial charge in [-0.3, -0.25) is 4.79 Å². The van der Waals surface area contributed by atoms with Gasteiger partial charge < -0.3 is 9.30 Å². The van der Waals surface area contributed by atoms with E-state index in [0.717, 1.165) is 15.0 Å². The number of thiazole rings is 1. The minimum atomic E-state index is -0.250. The second-order valence-corrected chi connectivity index (χ2v) is 5.70. The molecule has 0 aliphatic carbocycles. The Morgan fingerprint density at radius 3 is 2.59 bits per heavy atom. The zero-order valence-electron chi connectivity index (χ0n) is 12.2. The standard InChI is InChI=1S/C16H15N3O2S/c1-19-13-5-3-4-6-14(13)22-16(19)18-17-15(20)11-7-9-12(21-2)10-8-11/h3-10H,1-2H3,(H,17,20). The molecule has 3 rings (SSSR count). The maximum Gasteiger partial charge on any atom is 0.271 e. The highest BCUT2D eigenvalue weighted by Crippen LogP contribution is 2.15. The summed E-state index contributed by atoms with van der Waals surface area (Å²) >= 11 is 1.53. The molecule has 1 aromatic heterocycles. The number of carbonyl (C=O) groups excluding carboxylic acids is 1. The van der Waals surface area contributed by atoms with E-state index >= 15 is 0 Å². The molecule has 22 heavy (non-hydrogen) atoms. The lowest BCUT2D eigenvalue weighted by Gasteiger charge is -2.02. The number of aryl methyl sites for hydroxylation is 1. The molecule has 112 valence electrons. The minimum absolute atomic E-state index is 0.250. The normalized spacial score (nSPS) is 11.6. The topological polar surface area (TPSA) is 55.6 Å². The predicted octanol–water partition coefficient (Wildman–Crippen LogP) is 2.49. The molecule has 0 bridgehead atoms. The minimum Gasteiger partial charge on any atom is -0.497 e. The Labute approximate surface area is 131 Å². The van der Waals surface area contributed by atoms with Gasteiger partial charge in [0.05, 0.1) is 17.3 Å². The van der Waals surface area contributed by atoms with Crippen molar-refractivity contribution in [2.45, 2.75) is 0 Å². The van der Waals surface area contributed by atoms with E-state index in [2.05, 4.69) is 10.5 Å². The predicted molar refractivity (Wildman–Crippen MR) is 86.8 cm³/mol. The smallest absolute Gasteiger partial charge is 0.271 e. The number of methoxy groups -OCH3 is 1. The molecule has 0 aliphatic heterocycles. The second-order valence-electron chi connectivity index (χ2n) is 4.69. The molecule has 1 N–H and O–H groups in total. The first-order chi connectivity index (χ1) is 10.7. The van der Waals surface area contributed by atoms with Gasteiger partial charge in [0.15, 0.2) is 0 Å². The number of rotatable bonds is 3. The number of para-hydroxylation sites is 1. The Balaban J connectivity index is 1.85. The molecule has 0 fully saturated rings. The lowest BCUT2D eigenvalue weighted by molar-refractivity contribution is 0.0953. The summed E-state index contributed by atoms with van der Waals surface area (Å²) < 4.78 is 8.15. The zero-order valence-corrected chi connectivity index (χ0v) is 13.1. The average molecular weight is 313 g/mol. The summed E-state index contributed by atoms with van der Waals surface area (Å²) in [6.07, 6.45) is 0. The fourth-order valence-electron chi connectivity index (χ4n) is 2.09. The van der Waals surface area contributed by atoms with Crippen molar-refractivity contribution in [2.24, 2.45) is 12.1 Å². The maximum absolute atomic E-state index is 12.1. The van der Waals surface area contributed by atoms with Crippen LogP contribution < -0.4 is 15.0 Å². The van der Waals surface area contributed by atoms with Gasteiger partial charge in [-0.15, -0.1) is 5.10 Å². The summed E-state index contributed by atoms with van der Waals surface area (Å²) in [6, 6.07) is 14.9. The van der Waals surface area contributed by atoms with Gasteiger partial charge in [0, 0.05) is 12.6 Å². The molecule has 0 aliphatic rings. The third-order valence-corrected chi connectivity index (χ3v) is 4.43. The largest absolute Gasteiger partial charge is 0.497 e. The molecule has 0 unspecified atom stereocenters. The van der Waals surface area contributed by atoms with Gasteiger partial charge in [-0.25, -0.2) is 5.43 Å². The lowest BCUT2D eigenvalue weighted by Crippen LogP contribution is -2.23. The van der Waals surface area contributed by atoms with Crippen LogP contribution in [0.25, 0.3) is 10.2 Å². The van der Waals surface area contributed by atoms with Crippen LogP contribution in [0.5, 0.6) is 5.75 Å². The number of fused-ring (bicyclic) bond motifs is 1. The molecule has 0 saturated heterocycles. The van der Waals surface area contributed by atoms with Gasteiger partial charge in [0.1, 0.15) is 5.75 Å². The van der Waals surface area contributed by atoms with Gasteiger partial charge in [0.2, 0.25) is 4.80 Å².